The molecule has 1 heterocycles. The third-order valence-electron chi connectivity index (χ3n) is 3.84. The Labute approximate surface area is 143 Å². The summed E-state index contributed by atoms with van der Waals surface area (Å²) in [6, 6.07) is 11.1. The summed E-state index contributed by atoms with van der Waals surface area (Å²) in [4.78, 5) is 17.3. The number of hydrogen-bond acceptors (Lipinski definition) is 4. The van der Waals surface area contributed by atoms with Crippen molar-refractivity contribution < 1.29 is 14.3 Å². The summed E-state index contributed by atoms with van der Waals surface area (Å²) < 4.78 is 11.6. The highest BCUT2D eigenvalue weighted by Crippen LogP contribution is 2.33. The smallest absolute Gasteiger partial charge is 0.211 e. The number of halogens is 1. The highest BCUT2D eigenvalue weighted by Gasteiger charge is 2.24. The van der Waals surface area contributed by atoms with Crippen LogP contribution in [0.3, 0.4) is 0 Å². The lowest BCUT2D eigenvalue weighted by molar-refractivity contribution is 0.106. The Kier molecular flexibility index (Phi) is 4.48. The van der Waals surface area contributed by atoms with Gasteiger partial charge in [-0.05, 0) is 48.4 Å². The number of rotatable bonds is 4. The minimum atomic E-state index is -0.0781. The molecule has 0 N–H and O–H groups in total. The average molecular weight is 374 g/mol. The van der Waals surface area contributed by atoms with Gasteiger partial charge >= 0.3 is 0 Å². The molecule has 23 heavy (non-hydrogen) atoms. The second-order valence-electron chi connectivity index (χ2n) is 5.18. The van der Waals surface area contributed by atoms with E-state index in [1.54, 1.807) is 26.4 Å². The molecule has 2 aromatic carbocycles. The molecule has 0 spiro atoms. The summed E-state index contributed by atoms with van der Waals surface area (Å²) >= 11 is 3.38. The molecule has 0 aliphatic carbocycles. The van der Waals surface area contributed by atoms with Crippen LogP contribution >= 0.6 is 15.9 Å². The van der Waals surface area contributed by atoms with Crippen molar-refractivity contribution >= 4 is 27.4 Å². The van der Waals surface area contributed by atoms with Crippen molar-refractivity contribution in [2.24, 2.45) is 4.99 Å². The summed E-state index contributed by atoms with van der Waals surface area (Å²) in [6.45, 7) is 0.597. The molecule has 0 saturated carbocycles. The van der Waals surface area contributed by atoms with Gasteiger partial charge in [0.25, 0.3) is 0 Å². The lowest BCUT2D eigenvalue weighted by Crippen LogP contribution is -2.22. The molecule has 5 heteroatoms. The Balaban J connectivity index is 2.04. The normalized spacial score (nSPS) is 13.1. The van der Waals surface area contributed by atoms with Crippen molar-refractivity contribution in [2.45, 2.75) is 6.42 Å². The van der Waals surface area contributed by atoms with Crippen LogP contribution in [0, 0.1) is 0 Å². The van der Waals surface area contributed by atoms with Crippen molar-refractivity contribution in [1.82, 2.24) is 0 Å². The average Bonchev–Trinajstić information content (AvgIpc) is 2.60. The number of Topliss-reactive ketones (excluding diaryl/α,β-unsaturated/α-hetero) is 1. The van der Waals surface area contributed by atoms with E-state index in [2.05, 4.69) is 20.9 Å². The minimum Gasteiger partial charge on any atom is -0.493 e. The fourth-order valence-electron chi connectivity index (χ4n) is 2.65. The number of ether oxygens (including phenoxy) is 2. The fraction of sp³-hybridized carbons (Fsp3) is 0.222. The van der Waals surface area contributed by atoms with Gasteiger partial charge in [0.05, 0.1) is 14.2 Å². The number of carbonyl (C=O) groups excluding carboxylic acids is 1. The predicted molar refractivity (Wildman–Crippen MR) is 93.1 cm³/mol. The Morgan fingerprint density at radius 3 is 2.39 bits per heavy atom. The molecule has 1 aliphatic rings. The number of ketones is 1. The Bertz CT molecular complexity index is 782. The molecule has 0 saturated heterocycles. The van der Waals surface area contributed by atoms with E-state index < -0.39 is 0 Å². The first-order valence-electron chi connectivity index (χ1n) is 7.24. The van der Waals surface area contributed by atoms with Gasteiger partial charge in [-0.15, -0.1) is 0 Å². The van der Waals surface area contributed by atoms with E-state index in [-0.39, 0.29) is 5.78 Å². The number of aliphatic imine (C=N–C) groups is 1. The van der Waals surface area contributed by atoms with Crippen LogP contribution in [-0.2, 0) is 6.42 Å². The van der Waals surface area contributed by atoms with E-state index in [0.29, 0.717) is 29.3 Å². The van der Waals surface area contributed by atoms with Crippen LogP contribution in [0.2, 0.25) is 0 Å². The molecule has 2 aromatic rings. The second-order valence-corrected chi connectivity index (χ2v) is 6.10. The van der Waals surface area contributed by atoms with Crippen molar-refractivity contribution in [3.05, 3.63) is 57.6 Å². The molecule has 0 atom stereocenters. The third kappa shape index (κ3) is 3.01. The van der Waals surface area contributed by atoms with Gasteiger partial charge < -0.3 is 9.47 Å². The van der Waals surface area contributed by atoms with Gasteiger partial charge in [0.2, 0.25) is 5.78 Å². The van der Waals surface area contributed by atoms with Crippen molar-refractivity contribution in [2.75, 3.05) is 20.8 Å². The number of fused-ring (bicyclic) bond motifs is 1. The number of methoxy groups -OCH3 is 2. The molecule has 118 valence electrons. The maximum Gasteiger partial charge on any atom is 0.211 e. The van der Waals surface area contributed by atoms with E-state index >= 15 is 0 Å². The quantitative estimate of drug-likeness (QED) is 0.767. The minimum absolute atomic E-state index is 0.0781. The van der Waals surface area contributed by atoms with Crippen molar-refractivity contribution in [3.8, 4) is 11.5 Å². The zero-order valence-electron chi connectivity index (χ0n) is 12.9. The van der Waals surface area contributed by atoms with Gasteiger partial charge in [0, 0.05) is 22.1 Å². The lowest BCUT2D eigenvalue weighted by Gasteiger charge is -2.19. The van der Waals surface area contributed by atoms with Crippen LogP contribution < -0.4 is 9.47 Å². The van der Waals surface area contributed by atoms with E-state index in [1.807, 2.05) is 24.3 Å². The first kappa shape index (κ1) is 15.7. The molecule has 3 rings (SSSR count). The van der Waals surface area contributed by atoms with Crippen LogP contribution in [0.4, 0.5) is 0 Å². The molecule has 0 unspecified atom stereocenters. The molecular weight excluding hydrogens is 358 g/mol. The Morgan fingerprint density at radius 1 is 1.09 bits per heavy atom. The molecule has 1 aliphatic heterocycles. The number of hydrogen-bond donors (Lipinski definition) is 0. The Morgan fingerprint density at radius 2 is 1.74 bits per heavy atom. The zero-order chi connectivity index (χ0) is 16.4. The lowest BCUT2D eigenvalue weighted by atomic mass is 9.92. The molecule has 0 bridgehead atoms. The number of benzene rings is 2. The maximum atomic E-state index is 12.8. The maximum absolute atomic E-state index is 12.8. The molecule has 0 radical (unpaired) electrons. The molecular formula is C18H16BrNO3. The van der Waals surface area contributed by atoms with Gasteiger partial charge in [-0.3, -0.25) is 9.79 Å². The molecule has 0 amide bonds. The SMILES string of the molecule is COc1cc2c(cc1OC)C(C(=O)c1ccc(Br)cc1)=NCC2. The number of nitrogens with zero attached hydrogens (tertiary/aromatic N) is 1. The van der Waals surface area contributed by atoms with Gasteiger partial charge in [-0.1, -0.05) is 15.9 Å². The van der Waals surface area contributed by atoms with Gasteiger partial charge in [-0.2, -0.15) is 0 Å². The summed E-state index contributed by atoms with van der Waals surface area (Å²) in [6.07, 6.45) is 0.785. The van der Waals surface area contributed by atoms with E-state index in [0.717, 1.165) is 22.0 Å². The first-order valence-corrected chi connectivity index (χ1v) is 8.03. The summed E-state index contributed by atoms with van der Waals surface area (Å²) in [5.74, 6) is 1.19. The highest BCUT2D eigenvalue weighted by atomic mass is 79.9. The predicted octanol–water partition coefficient (Wildman–Crippen LogP) is 3.69. The number of carbonyl (C=O) groups is 1. The van der Waals surface area contributed by atoms with E-state index in [4.69, 9.17) is 9.47 Å². The summed E-state index contributed by atoms with van der Waals surface area (Å²) in [7, 11) is 3.19. The summed E-state index contributed by atoms with van der Waals surface area (Å²) in [5, 5.41) is 0. The largest absolute Gasteiger partial charge is 0.493 e. The zero-order valence-corrected chi connectivity index (χ0v) is 14.5. The molecule has 0 fully saturated rings. The monoisotopic (exact) mass is 373 g/mol. The molecule has 4 nitrogen and oxygen atoms in total. The molecule has 0 aromatic heterocycles. The van der Waals surface area contributed by atoms with Crippen LogP contribution in [0.15, 0.2) is 45.9 Å². The topological polar surface area (TPSA) is 47.9 Å². The van der Waals surface area contributed by atoms with Crippen molar-refractivity contribution in [1.29, 1.82) is 0 Å². The van der Waals surface area contributed by atoms with Gasteiger partial charge in [-0.25, -0.2) is 0 Å². The van der Waals surface area contributed by atoms with Gasteiger partial charge in [0.15, 0.2) is 11.5 Å². The van der Waals surface area contributed by atoms with E-state index in [9.17, 15) is 4.79 Å². The van der Waals surface area contributed by atoms with Crippen LogP contribution in [-0.4, -0.2) is 32.3 Å². The highest BCUT2D eigenvalue weighted by molar-refractivity contribution is 9.10. The first-order chi connectivity index (χ1) is 11.1. The Hall–Kier alpha value is -2.14. The van der Waals surface area contributed by atoms with Crippen molar-refractivity contribution in [3.63, 3.8) is 0 Å². The van der Waals surface area contributed by atoms with Crippen LogP contribution in [0.25, 0.3) is 0 Å². The van der Waals surface area contributed by atoms with E-state index in [1.165, 1.54) is 0 Å². The third-order valence-corrected chi connectivity index (χ3v) is 4.37. The fourth-order valence-corrected chi connectivity index (χ4v) is 2.92. The standard InChI is InChI=1S/C18H16BrNO3/c1-22-15-9-12-7-8-20-17(14(12)10-16(15)23-2)18(21)11-3-5-13(19)6-4-11/h3-6,9-10H,7-8H2,1-2H3. The van der Waals surface area contributed by atoms with Crippen LogP contribution in [0.1, 0.15) is 21.5 Å². The second kappa shape index (κ2) is 6.54. The van der Waals surface area contributed by atoms with Crippen LogP contribution in [0.5, 0.6) is 11.5 Å². The summed E-state index contributed by atoms with van der Waals surface area (Å²) in [5.41, 5.74) is 2.98. The van der Waals surface area contributed by atoms with Gasteiger partial charge in [0.1, 0.15) is 5.71 Å².